The molecule has 116 valence electrons. The molecule has 0 aromatic heterocycles. The Labute approximate surface area is 123 Å². The van der Waals surface area contributed by atoms with E-state index in [0.29, 0.717) is 0 Å². The fourth-order valence-corrected chi connectivity index (χ4v) is 1.79. The summed E-state index contributed by atoms with van der Waals surface area (Å²) in [6.07, 6.45) is -0.711. The molecule has 1 amide bonds. The van der Waals surface area contributed by atoms with Crippen LogP contribution in [0.4, 0.5) is 4.79 Å². The van der Waals surface area contributed by atoms with Crippen LogP contribution in [-0.2, 0) is 9.53 Å². The van der Waals surface area contributed by atoms with Crippen LogP contribution in [0.25, 0.3) is 0 Å². The van der Waals surface area contributed by atoms with Gasteiger partial charge in [-0.25, -0.2) is 4.79 Å². The number of amides is 1. The zero-order chi connectivity index (χ0) is 16.0. The number of hydrogen-bond donors (Lipinski definition) is 3. The second-order valence-electron chi connectivity index (χ2n) is 5.77. The first kappa shape index (κ1) is 16.8. The van der Waals surface area contributed by atoms with Crippen LogP contribution in [0.5, 0.6) is 5.75 Å². The number of ether oxygens (including phenoxy) is 1. The Hall–Kier alpha value is -2.24. The van der Waals surface area contributed by atoms with Crippen molar-refractivity contribution >= 4 is 12.1 Å². The second-order valence-corrected chi connectivity index (χ2v) is 5.77. The third kappa shape index (κ3) is 6.65. The van der Waals surface area contributed by atoms with E-state index in [-0.39, 0.29) is 18.7 Å². The van der Waals surface area contributed by atoms with Gasteiger partial charge in [-0.05, 0) is 38.5 Å². The Morgan fingerprint density at radius 1 is 1.24 bits per heavy atom. The summed E-state index contributed by atoms with van der Waals surface area (Å²) in [4.78, 5) is 22.5. The number of benzene rings is 1. The lowest BCUT2D eigenvalue weighted by Crippen LogP contribution is -2.35. The number of carbonyl (C=O) groups excluding carboxylic acids is 1. The number of aliphatic carboxylic acids is 1. The van der Waals surface area contributed by atoms with Gasteiger partial charge in [0.2, 0.25) is 0 Å². The Bertz CT molecular complexity index is 490. The van der Waals surface area contributed by atoms with E-state index in [1.165, 1.54) is 12.1 Å². The molecule has 0 bridgehead atoms. The van der Waals surface area contributed by atoms with Gasteiger partial charge in [-0.1, -0.05) is 12.1 Å². The van der Waals surface area contributed by atoms with Gasteiger partial charge in [-0.15, -0.1) is 0 Å². The van der Waals surface area contributed by atoms with E-state index < -0.39 is 23.6 Å². The second kappa shape index (κ2) is 6.97. The molecule has 1 aromatic carbocycles. The van der Waals surface area contributed by atoms with E-state index in [4.69, 9.17) is 9.84 Å². The lowest BCUT2D eigenvalue weighted by molar-refractivity contribution is -0.137. The number of carbonyl (C=O) groups is 2. The number of hydrogen-bond acceptors (Lipinski definition) is 4. The zero-order valence-corrected chi connectivity index (χ0v) is 12.4. The minimum atomic E-state index is -0.959. The molecule has 0 aliphatic heterocycles. The van der Waals surface area contributed by atoms with Crippen molar-refractivity contribution in [1.29, 1.82) is 0 Å². The first-order chi connectivity index (χ1) is 9.67. The van der Waals surface area contributed by atoms with Gasteiger partial charge in [0.1, 0.15) is 11.4 Å². The molecule has 6 nitrogen and oxygen atoms in total. The highest BCUT2D eigenvalue weighted by Crippen LogP contribution is 2.21. The molecule has 1 atom stereocenters. The van der Waals surface area contributed by atoms with Gasteiger partial charge < -0.3 is 20.3 Å². The largest absolute Gasteiger partial charge is 0.508 e. The van der Waals surface area contributed by atoms with Gasteiger partial charge in [0.15, 0.2) is 0 Å². The smallest absolute Gasteiger partial charge is 0.407 e. The van der Waals surface area contributed by atoms with Crippen molar-refractivity contribution < 1.29 is 24.5 Å². The molecule has 3 N–H and O–H groups in total. The fourth-order valence-electron chi connectivity index (χ4n) is 1.79. The average molecular weight is 295 g/mol. The van der Waals surface area contributed by atoms with E-state index in [9.17, 15) is 14.7 Å². The SMILES string of the molecule is CC(C)(C)OC(=O)NCC(CC(=O)O)c1ccc(O)cc1. The van der Waals surface area contributed by atoms with Gasteiger partial charge in [-0.3, -0.25) is 4.79 Å². The van der Waals surface area contributed by atoms with Crippen molar-refractivity contribution in [2.75, 3.05) is 6.54 Å². The highest BCUT2D eigenvalue weighted by Gasteiger charge is 2.20. The Morgan fingerprint density at radius 2 is 1.81 bits per heavy atom. The number of nitrogens with one attached hydrogen (secondary N) is 1. The molecule has 1 rings (SSSR count). The van der Waals surface area contributed by atoms with Crippen molar-refractivity contribution in [3.63, 3.8) is 0 Å². The molecule has 0 fully saturated rings. The monoisotopic (exact) mass is 295 g/mol. The van der Waals surface area contributed by atoms with Gasteiger partial charge in [0.25, 0.3) is 0 Å². The number of aromatic hydroxyl groups is 1. The standard InChI is InChI=1S/C15H21NO5/c1-15(2,3)21-14(20)16-9-11(8-13(18)19)10-4-6-12(17)7-5-10/h4-7,11,17H,8-9H2,1-3H3,(H,16,20)(H,18,19). The summed E-state index contributed by atoms with van der Waals surface area (Å²) in [6, 6.07) is 6.24. The molecule has 1 aromatic rings. The van der Waals surface area contributed by atoms with E-state index in [1.807, 2.05) is 0 Å². The zero-order valence-electron chi connectivity index (χ0n) is 12.4. The summed E-state index contributed by atoms with van der Waals surface area (Å²) in [5.74, 6) is -1.25. The van der Waals surface area contributed by atoms with E-state index in [2.05, 4.69) is 5.32 Å². The Morgan fingerprint density at radius 3 is 2.29 bits per heavy atom. The molecule has 0 radical (unpaired) electrons. The van der Waals surface area contributed by atoms with Crippen LogP contribution in [0.2, 0.25) is 0 Å². The van der Waals surface area contributed by atoms with Crippen molar-refractivity contribution in [3.8, 4) is 5.75 Å². The van der Waals surface area contributed by atoms with Gasteiger partial charge in [0, 0.05) is 12.5 Å². The number of alkyl carbamates (subject to hydrolysis) is 1. The molecule has 1 unspecified atom stereocenters. The summed E-state index contributed by atoms with van der Waals surface area (Å²) in [6.45, 7) is 5.40. The third-order valence-electron chi connectivity index (χ3n) is 2.68. The summed E-state index contributed by atoms with van der Waals surface area (Å²) in [5.41, 5.74) is 0.122. The molecule has 0 saturated carbocycles. The van der Waals surface area contributed by atoms with Crippen molar-refractivity contribution in [3.05, 3.63) is 29.8 Å². The molecule has 0 spiro atoms. The topological polar surface area (TPSA) is 95.9 Å². The van der Waals surface area contributed by atoms with Crippen molar-refractivity contribution in [1.82, 2.24) is 5.32 Å². The third-order valence-corrected chi connectivity index (χ3v) is 2.68. The predicted octanol–water partition coefficient (Wildman–Crippen LogP) is 2.48. The number of carboxylic acids is 1. The number of carboxylic acid groups (broad SMARTS) is 1. The fraction of sp³-hybridized carbons (Fsp3) is 0.467. The Kier molecular flexibility index (Phi) is 5.58. The normalized spacial score (nSPS) is 12.5. The molecular formula is C15H21NO5. The van der Waals surface area contributed by atoms with Gasteiger partial charge >= 0.3 is 12.1 Å². The van der Waals surface area contributed by atoms with Crippen LogP contribution < -0.4 is 5.32 Å². The summed E-state index contributed by atoms with van der Waals surface area (Å²) in [5, 5.41) is 20.8. The van der Waals surface area contributed by atoms with E-state index in [1.54, 1.807) is 32.9 Å². The van der Waals surface area contributed by atoms with E-state index >= 15 is 0 Å². The Balaban J connectivity index is 2.69. The van der Waals surface area contributed by atoms with Crippen LogP contribution in [-0.4, -0.2) is 34.4 Å². The number of phenolic OH excluding ortho intramolecular Hbond substituents is 1. The van der Waals surface area contributed by atoms with Gasteiger partial charge in [0.05, 0.1) is 6.42 Å². The van der Waals surface area contributed by atoms with E-state index in [0.717, 1.165) is 5.56 Å². The number of phenols is 1. The van der Waals surface area contributed by atoms with Gasteiger partial charge in [-0.2, -0.15) is 0 Å². The molecular weight excluding hydrogens is 274 g/mol. The molecule has 0 aliphatic carbocycles. The molecule has 21 heavy (non-hydrogen) atoms. The van der Waals surface area contributed by atoms with Crippen LogP contribution in [0.1, 0.15) is 38.7 Å². The van der Waals surface area contributed by atoms with Crippen LogP contribution in [0.3, 0.4) is 0 Å². The van der Waals surface area contributed by atoms with Crippen molar-refractivity contribution in [2.24, 2.45) is 0 Å². The molecule has 0 aliphatic rings. The maximum Gasteiger partial charge on any atom is 0.407 e. The maximum absolute atomic E-state index is 11.6. The maximum atomic E-state index is 11.6. The average Bonchev–Trinajstić information content (AvgIpc) is 2.33. The quantitative estimate of drug-likeness (QED) is 0.775. The lowest BCUT2D eigenvalue weighted by Gasteiger charge is -2.21. The predicted molar refractivity (Wildman–Crippen MR) is 77.3 cm³/mol. The first-order valence-electron chi connectivity index (χ1n) is 6.65. The summed E-state index contributed by atoms with van der Waals surface area (Å²) < 4.78 is 5.11. The number of rotatable bonds is 5. The minimum Gasteiger partial charge on any atom is -0.508 e. The first-order valence-corrected chi connectivity index (χ1v) is 6.65. The van der Waals surface area contributed by atoms with Crippen LogP contribution >= 0.6 is 0 Å². The van der Waals surface area contributed by atoms with Crippen LogP contribution in [0, 0.1) is 0 Å². The minimum absolute atomic E-state index is 0.105. The highest BCUT2D eigenvalue weighted by atomic mass is 16.6. The molecule has 6 heteroatoms. The lowest BCUT2D eigenvalue weighted by atomic mass is 9.95. The molecule has 0 heterocycles. The van der Waals surface area contributed by atoms with Crippen LogP contribution in [0.15, 0.2) is 24.3 Å². The highest BCUT2D eigenvalue weighted by molar-refractivity contribution is 5.69. The summed E-state index contributed by atoms with van der Waals surface area (Å²) >= 11 is 0. The van der Waals surface area contributed by atoms with Crippen molar-refractivity contribution in [2.45, 2.75) is 38.7 Å². The summed E-state index contributed by atoms with van der Waals surface area (Å²) in [7, 11) is 0. The molecule has 0 saturated heterocycles.